The van der Waals surface area contributed by atoms with Gasteiger partial charge in [0.05, 0.1) is 13.0 Å². The Hall–Kier alpha value is -2.82. The van der Waals surface area contributed by atoms with E-state index in [1.54, 1.807) is 7.11 Å². The van der Waals surface area contributed by atoms with Crippen molar-refractivity contribution in [3.05, 3.63) is 65.2 Å². The summed E-state index contributed by atoms with van der Waals surface area (Å²) in [6.45, 7) is 3.71. The largest absolute Gasteiger partial charge is 0.497 e. The molecule has 2 amide bonds. The summed E-state index contributed by atoms with van der Waals surface area (Å²) in [5, 5.41) is 3.11. The van der Waals surface area contributed by atoms with Crippen LogP contribution in [0.15, 0.2) is 48.5 Å². The van der Waals surface area contributed by atoms with Crippen LogP contribution in [0.25, 0.3) is 0 Å². The minimum absolute atomic E-state index is 0.0182. The monoisotopic (exact) mass is 392 g/mol. The van der Waals surface area contributed by atoms with Gasteiger partial charge < -0.3 is 15.0 Å². The van der Waals surface area contributed by atoms with Crippen molar-refractivity contribution in [1.82, 2.24) is 10.2 Å². The second kappa shape index (κ2) is 8.27. The zero-order valence-electron chi connectivity index (χ0n) is 17.1. The first-order valence-electron chi connectivity index (χ1n) is 10.3. The smallest absolute Gasteiger partial charge is 0.253 e. The lowest BCUT2D eigenvalue weighted by Gasteiger charge is -2.18. The molecule has 0 bridgehead atoms. The average Bonchev–Trinajstić information content (AvgIpc) is 3.47. The minimum Gasteiger partial charge on any atom is -0.497 e. The molecule has 0 spiro atoms. The number of carbonyl (C=O) groups is 2. The van der Waals surface area contributed by atoms with Gasteiger partial charge in [-0.05, 0) is 55.5 Å². The van der Waals surface area contributed by atoms with E-state index in [2.05, 4.69) is 5.32 Å². The molecule has 2 aromatic carbocycles. The Balaban J connectivity index is 1.56. The van der Waals surface area contributed by atoms with Crippen molar-refractivity contribution in [1.29, 1.82) is 0 Å². The molecule has 2 atom stereocenters. The Kier molecular flexibility index (Phi) is 5.56. The normalized spacial score (nSPS) is 21.1. The highest BCUT2D eigenvalue weighted by Gasteiger charge is 2.41. The van der Waals surface area contributed by atoms with Gasteiger partial charge in [0.25, 0.3) is 5.91 Å². The molecule has 0 radical (unpaired) electrons. The maximum atomic E-state index is 13.1. The molecule has 29 heavy (non-hydrogen) atoms. The Morgan fingerprint density at radius 3 is 2.55 bits per heavy atom. The number of hydrogen-bond acceptors (Lipinski definition) is 3. The number of carbonyl (C=O) groups excluding carboxylic acids is 2. The summed E-state index contributed by atoms with van der Waals surface area (Å²) < 4.78 is 5.37. The lowest BCUT2D eigenvalue weighted by Crippen LogP contribution is -2.36. The van der Waals surface area contributed by atoms with Crippen LogP contribution in [0.5, 0.6) is 5.75 Å². The molecule has 1 saturated carbocycles. The maximum absolute atomic E-state index is 13.1. The summed E-state index contributed by atoms with van der Waals surface area (Å²) >= 11 is 0. The number of nitrogens with one attached hydrogen (secondary N) is 1. The Bertz CT molecular complexity index is 889. The standard InChI is InChI=1S/C24H28N2O3/c1-16-6-10-18(11-7-16)24(28)26-14-21(19-4-3-5-20(12-19)29-2)22(15-26)23(27)25-13-17-8-9-17/h3-7,10-12,17,21-22H,8-9,13-15H2,1-2H3,(H,25,27)/t21-,22+/m1/s1. The zero-order valence-corrected chi connectivity index (χ0v) is 17.1. The molecule has 2 aromatic rings. The van der Waals surface area contributed by atoms with Crippen LogP contribution in [-0.4, -0.2) is 43.5 Å². The predicted octanol–water partition coefficient (Wildman–Crippen LogP) is 3.39. The van der Waals surface area contributed by atoms with E-state index < -0.39 is 0 Å². The van der Waals surface area contributed by atoms with Crippen molar-refractivity contribution in [2.24, 2.45) is 11.8 Å². The number of methoxy groups -OCH3 is 1. The number of hydrogen-bond donors (Lipinski definition) is 1. The third-order valence-electron chi connectivity index (χ3n) is 6.03. The lowest BCUT2D eigenvalue weighted by atomic mass is 9.88. The lowest BCUT2D eigenvalue weighted by molar-refractivity contribution is -0.125. The van der Waals surface area contributed by atoms with Crippen molar-refractivity contribution in [3.8, 4) is 5.75 Å². The number of benzene rings is 2. The van der Waals surface area contributed by atoms with Crippen molar-refractivity contribution in [2.75, 3.05) is 26.7 Å². The number of likely N-dealkylation sites (tertiary alicyclic amines) is 1. The number of ether oxygens (including phenoxy) is 1. The van der Waals surface area contributed by atoms with Gasteiger partial charge in [-0.25, -0.2) is 0 Å². The van der Waals surface area contributed by atoms with E-state index in [0.717, 1.165) is 23.4 Å². The summed E-state index contributed by atoms with van der Waals surface area (Å²) in [6, 6.07) is 15.5. The molecule has 0 unspecified atom stereocenters. The molecule has 1 aliphatic carbocycles. The highest BCUT2D eigenvalue weighted by Crippen LogP contribution is 2.35. The summed E-state index contributed by atoms with van der Waals surface area (Å²) in [5.41, 5.74) is 2.82. The maximum Gasteiger partial charge on any atom is 0.253 e. The first-order valence-corrected chi connectivity index (χ1v) is 10.3. The van der Waals surface area contributed by atoms with Crippen LogP contribution in [0.4, 0.5) is 0 Å². The topological polar surface area (TPSA) is 58.6 Å². The van der Waals surface area contributed by atoms with E-state index in [4.69, 9.17) is 4.74 Å². The Morgan fingerprint density at radius 2 is 1.86 bits per heavy atom. The molecule has 5 nitrogen and oxygen atoms in total. The van der Waals surface area contributed by atoms with Gasteiger partial charge in [-0.2, -0.15) is 0 Å². The van der Waals surface area contributed by atoms with Crippen LogP contribution in [0.3, 0.4) is 0 Å². The first-order chi connectivity index (χ1) is 14.0. The molecular weight excluding hydrogens is 364 g/mol. The van der Waals surface area contributed by atoms with Gasteiger partial charge in [-0.15, -0.1) is 0 Å². The van der Waals surface area contributed by atoms with Gasteiger partial charge in [0, 0.05) is 31.1 Å². The van der Waals surface area contributed by atoms with Crippen LogP contribution in [0.2, 0.25) is 0 Å². The summed E-state index contributed by atoms with van der Waals surface area (Å²) in [6.07, 6.45) is 2.39. The van der Waals surface area contributed by atoms with Gasteiger partial charge >= 0.3 is 0 Å². The predicted molar refractivity (Wildman–Crippen MR) is 112 cm³/mol. The molecule has 4 rings (SSSR count). The van der Waals surface area contributed by atoms with Gasteiger partial charge in [0.2, 0.25) is 5.91 Å². The Labute approximate surface area is 172 Å². The van der Waals surface area contributed by atoms with E-state index in [0.29, 0.717) is 24.6 Å². The molecule has 2 fully saturated rings. The fourth-order valence-electron chi connectivity index (χ4n) is 4.02. The summed E-state index contributed by atoms with van der Waals surface area (Å²) in [4.78, 5) is 27.9. The highest BCUT2D eigenvalue weighted by molar-refractivity contribution is 5.95. The number of aryl methyl sites for hydroxylation is 1. The van der Waals surface area contributed by atoms with Crippen molar-refractivity contribution in [2.45, 2.75) is 25.7 Å². The van der Waals surface area contributed by atoms with Crippen molar-refractivity contribution < 1.29 is 14.3 Å². The van der Waals surface area contributed by atoms with Crippen LogP contribution < -0.4 is 10.1 Å². The van der Waals surface area contributed by atoms with E-state index in [1.807, 2.05) is 60.4 Å². The van der Waals surface area contributed by atoms with E-state index >= 15 is 0 Å². The van der Waals surface area contributed by atoms with Crippen molar-refractivity contribution in [3.63, 3.8) is 0 Å². The molecule has 5 heteroatoms. The van der Waals surface area contributed by atoms with E-state index in [-0.39, 0.29) is 23.7 Å². The Morgan fingerprint density at radius 1 is 1.10 bits per heavy atom. The molecule has 1 saturated heterocycles. The third kappa shape index (κ3) is 4.44. The van der Waals surface area contributed by atoms with Crippen LogP contribution >= 0.6 is 0 Å². The number of nitrogens with zero attached hydrogens (tertiary/aromatic N) is 1. The van der Waals surface area contributed by atoms with Crippen LogP contribution in [0, 0.1) is 18.8 Å². The van der Waals surface area contributed by atoms with Crippen LogP contribution in [0.1, 0.15) is 40.2 Å². The molecule has 152 valence electrons. The van der Waals surface area contributed by atoms with Gasteiger partial charge in [-0.3, -0.25) is 9.59 Å². The fourth-order valence-corrected chi connectivity index (χ4v) is 4.02. The fraction of sp³-hybridized carbons (Fsp3) is 0.417. The summed E-state index contributed by atoms with van der Waals surface area (Å²) in [7, 11) is 1.64. The minimum atomic E-state index is -0.254. The average molecular weight is 392 g/mol. The summed E-state index contributed by atoms with van der Waals surface area (Å²) in [5.74, 6) is 1.12. The molecule has 1 heterocycles. The molecule has 1 aliphatic heterocycles. The molecule has 2 aliphatic rings. The van der Waals surface area contributed by atoms with Crippen molar-refractivity contribution >= 4 is 11.8 Å². The van der Waals surface area contributed by atoms with Gasteiger partial charge in [0.1, 0.15) is 5.75 Å². The second-order valence-corrected chi connectivity index (χ2v) is 8.25. The first kappa shape index (κ1) is 19.5. The number of amides is 2. The third-order valence-corrected chi connectivity index (χ3v) is 6.03. The molecular formula is C24H28N2O3. The quantitative estimate of drug-likeness (QED) is 0.820. The van der Waals surface area contributed by atoms with E-state index in [1.165, 1.54) is 12.8 Å². The second-order valence-electron chi connectivity index (χ2n) is 8.25. The zero-order chi connectivity index (χ0) is 20.4. The van der Waals surface area contributed by atoms with Gasteiger partial charge in [-0.1, -0.05) is 29.8 Å². The SMILES string of the molecule is COc1cccc([C@H]2CN(C(=O)c3ccc(C)cc3)C[C@@H]2C(=O)NCC2CC2)c1. The van der Waals surface area contributed by atoms with Gasteiger partial charge in [0.15, 0.2) is 0 Å². The molecule has 0 aromatic heterocycles. The van der Waals surface area contributed by atoms with E-state index in [9.17, 15) is 9.59 Å². The highest BCUT2D eigenvalue weighted by atomic mass is 16.5. The molecule has 1 N–H and O–H groups in total. The number of rotatable bonds is 6. The van der Waals surface area contributed by atoms with Crippen LogP contribution in [-0.2, 0) is 4.79 Å².